The Morgan fingerprint density at radius 1 is 0.889 bits per heavy atom. The minimum Gasteiger partial charge on any atom is -0.492 e. The van der Waals surface area contributed by atoms with Crippen LogP contribution in [0.5, 0.6) is 5.75 Å². The molecule has 0 unspecified atom stereocenters. The highest BCUT2D eigenvalue weighted by atomic mass is 16.5. The third kappa shape index (κ3) is 11.2. The number of carboxylic acid groups (broad SMARTS) is 3. The lowest BCUT2D eigenvalue weighted by Crippen LogP contribution is -2.42. The Bertz CT molecular complexity index is 982. The second kappa shape index (κ2) is 15.3. The third-order valence-electron chi connectivity index (χ3n) is 5.35. The van der Waals surface area contributed by atoms with Crippen molar-refractivity contribution in [3.63, 3.8) is 0 Å². The van der Waals surface area contributed by atoms with E-state index in [-0.39, 0.29) is 0 Å². The Hall–Kier alpha value is -3.69. The first-order valence-electron chi connectivity index (χ1n) is 11.6. The smallest absolute Gasteiger partial charge is 0.336 e. The average molecular weight is 502 g/mol. The molecule has 0 spiro atoms. The van der Waals surface area contributed by atoms with Crippen LogP contribution >= 0.6 is 0 Å². The van der Waals surface area contributed by atoms with E-state index in [4.69, 9.17) is 25.2 Å². The molecule has 36 heavy (non-hydrogen) atoms. The minimum atomic E-state index is -2.74. The molecule has 2 rings (SSSR count). The number of allylic oxidation sites excluding steroid dienone is 1. The van der Waals surface area contributed by atoms with Gasteiger partial charge in [-0.25, -0.2) is 4.79 Å². The molecule has 196 valence electrons. The van der Waals surface area contributed by atoms with Gasteiger partial charge in [0.15, 0.2) is 5.60 Å². The number of hydrogen-bond acceptors (Lipinski definition) is 6. The van der Waals surface area contributed by atoms with Gasteiger partial charge in [0.1, 0.15) is 12.4 Å². The Morgan fingerprint density at radius 2 is 1.42 bits per heavy atom. The predicted octanol–water partition coefficient (Wildman–Crippen LogP) is 3.72. The van der Waals surface area contributed by atoms with E-state index in [9.17, 15) is 14.4 Å². The zero-order valence-electron chi connectivity index (χ0n) is 20.9. The van der Waals surface area contributed by atoms with Crippen molar-refractivity contribution in [1.29, 1.82) is 0 Å². The van der Waals surface area contributed by atoms with Crippen molar-refractivity contribution in [2.24, 2.45) is 0 Å². The number of rotatable bonds is 13. The number of ether oxygens (including phenoxy) is 1. The van der Waals surface area contributed by atoms with Crippen molar-refractivity contribution in [3.8, 4) is 5.75 Å². The maximum absolute atomic E-state index is 10.3. The summed E-state index contributed by atoms with van der Waals surface area (Å²) in [5, 5.41) is 33.8. The molecule has 4 N–H and O–H groups in total. The lowest BCUT2D eigenvalue weighted by atomic mass is 9.96. The highest BCUT2D eigenvalue weighted by Crippen LogP contribution is 2.19. The van der Waals surface area contributed by atoms with Crippen LogP contribution in [0.3, 0.4) is 0 Å². The highest BCUT2D eigenvalue weighted by molar-refractivity contribution is 5.88. The molecular formula is C27H35NO8. The molecule has 0 aromatic heterocycles. The number of aliphatic carboxylic acids is 3. The number of likely N-dealkylation sites (N-methyl/N-ethyl adjacent to an activating group) is 1. The van der Waals surface area contributed by atoms with E-state index in [1.807, 2.05) is 18.2 Å². The van der Waals surface area contributed by atoms with Gasteiger partial charge in [-0.1, -0.05) is 62.4 Å². The molecule has 0 saturated heterocycles. The molecule has 9 heteroatoms. The standard InChI is InChI=1S/C21H27NO.C6H8O7/c1-4-22(5-2)15-16-23-21-13-11-19(12-14-21)17-18(3)20-9-7-6-8-10-20;7-3(8)1-6(13,5(11)12)2-4(9)10/h6-14,17H,4-5,15-16H2,1-3H3;13H,1-2H2,(H,7,8)(H,9,10)(H,11,12). The summed E-state index contributed by atoms with van der Waals surface area (Å²) in [5.74, 6) is -4.08. The second-order valence-electron chi connectivity index (χ2n) is 8.12. The van der Waals surface area contributed by atoms with E-state index in [0.29, 0.717) is 0 Å². The van der Waals surface area contributed by atoms with Gasteiger partial charge in [0.25, 0.3) is 0 Å². The SMILES string of the molecule is CCN(CC)CCOc1ccc(C=C(C)c2ccccc2)cc1.O=C(O)CC(O)(CC(=O)O)C(=O)O. The van der Waals surface area contributed by atoms with Crippen LogP contribution in [-0.4, -0.2) is 75.1 Å². The van der Waals surface area contributed by atoms with Crippen LogP contribution in [0.4, 0.5) is 0 Å². The van der Waals surface area contributed by atoms with E-state index >= 15 is 0 Å². The fourth-order valence-electron chi connectivity index (χ4n) is 3.24. The lowest BCUT2D eigenvalue weighted by Gasteiger charge is -2.18. The van der Waals surface area contributed by atoms with E-state index in [1.165, 1.54) is 16.7 Å². The van der Waals surface area contributed by atoms with Crippen LogP contribution in [-0.2, 0) is 14.4 Å². The number of carboxylic acids is 3. The quantitative estimate of drug-likeness (QED) is 0.302. The van der Waals surface area contributed by atoms with Crippen molar-refractivity contribution in [1.82, 2.24) is 4.90 Å². The first-order chi connectivity index (χ1) is 17.0. The van der Waals surface area contributed by atoms with Crippen LogP contribution in [0.25, 0.3) is 11.6 Å². The van der Waals surface area contributed by atoms with Crippen LogP contribution < -0.4 is 4.74 Å². The summed E-state index contributed by atoms with van der Waals surface area (Å²) in [6.45, 7) is 10.4. The van der Waals surface area contributed by atoms with Crippen molar-refractivity contribution >= 4 is 29.6 Å². The summed E-state index contributed by atoms with van der Waals surface area (Å²) in [5.41, 5.74) is 0.979. The van der Waals surface area contributed by atoms with Crippen LogP contribution in [0.1, 0.15) is 44.7 Å². The van der Waals surface area contributed by atoms with Gasteiger partial charge in [0, 0.05) is 6.54 Å². The predicted molar refractivity (Wildman–Crippen MR) is 137 cm³/mol. The maximum Gasteiger partial charge on any atom is 0.336 e. The topological polar surface area (TPSA) is 145 Å². The molecule has 0 aliphatic carbocycles. The molecule has 0 aliphatic rings. The number of hydrogen-bond donors (Lipinski definition) is 4. The van der Waals surface area contributed by atoms with E-state index < -0.39 is 36.4 Å². The molecule has 0 fully saturated rings. The van der Waals surface area contributed by atoms with E-state index in [1.54, 1.807) is 0 Å². The molecule has 2 aromatic carbocycles. The van der Waals surface area contributed by atoms with E-state index in [0.717, 1.165) is 32.0 Å². The molecular weight excluding hydrogens is 466 g/mol. The largest absolute Gasteiger partial charge is 0.492 e. The summed E-state index contributed by atoms with van der Waals surface area (Å²) < 4.78 is 5.82. The molecule has 0 saturated carbocycles. The molecule has 0 aliphatic heterocycles. The Labute approximate surface area is 211 Å². The zero-order chi connectivity index (χ0) is 27.1. The second-order valence-corrected chi connectivity index (χ2v) is 8.12. The third-order valence-corrected chi connectivity index (χ3v) is 5.35. The Kier molecular flexibility index (Phi) is 12.9. The number of nitrogens with zero attached hydrogens (tertiary/aromatic N) is 1. The molecule has 9 nitrogen and oxygen atoms in total. The number of carbonyl (C=O) groups is 3. The summed E-state index contributed by atoms with van der Waals surface area (Å²) in [4.78, 5) is 32.8. The van der Waals surface area contributed by atoms with Gasteiger partial charge in [-0.15, -0.1) is 0 Å². The van der Waals surface area contributed by atoms with Gasteiger partial charge in [-0.05, 0) is 48.8 Å². The number of aliphatic hydroxyl groups is 1. The monoisotopic (exact) mass is 501 g/mol. The van der Waals surface area contributed by atoms with Gasteiger partial charge < -0.3 is 30.1 Å². The fourth-order valence-corrected chi connectivity index (χ4v) is 3.24. The van der Waals surface area contributed by atoms with Crippen molar-refractivity contribution in [3.05, 3.63) is 65.7 Å². The van der Waals surface area contributed by atoms with Crippen LogP contribution in [0.15, 0.2) is 54.6 Å². The maximum atomic E-state index is 10.3. The summed E-state index contributed by atoms with van der Waals surface area (Å²) in [6, 6.07) is 18.8. The molecule has 2 aromatic rings. The zero-order valence-corrected chi connectivity index (χ0v) is 20.9. The number of benzene rings is 2. The van der Waals surface area contributed by atoms with Crippen molar-refractivity contribution in [2.75, 3.05) is 26.2 Å². The molecule has 0 amide bonds. The van der Waals surface area contributed by atoms with Gasteiger partial charge in [0.05, 0.1) is 12.8 Å². The van der Waals surface area contributed by atoms with Gasteiger partial charge in [-0.3, -0.25) is 9.59 Å². The Balaban J connectivity index is 0.000000426. The molecule has 0 atom stereocenters. The van der Waals surface area contributed by atoms with Gasteiger partial charge in [-0.2, -0.15) is 0 Å². The first kappa shape index (κ1) is 30.3. The molecule has 0 radical (unpaired) electrons. The van der Waals surface area contributed by atoms with Crippen LogP contribution in [0.2, 0.25) is 0 Å². The van der Waals surface area contributed by atoms with Crippen molar-refractivity contribution < 1.29 is 39.5 Å². The van der Waals surface area contributed by atoms with Crippen LogP contribution in [0, 0.1) is 0 Å². The fraction of sp³-hybridized carbons (Fsp3) is 0.370. The lowest BCUT2D eigenvalue weighted by molar-refractivity contribution is -0.170. The average Bonchev–Trinajstić information content (AvgIpc) is 2.83. The normalized spacial score (nSPS) is 11.4. The highest BCUT2D eigenvalue weighted by Gasteiger charge is 2.40. The molecule has 0 heterocycles. The van der Waals surface area contributed by atoms with Gasteiger partial charge >= 0.3 is 17.9 Å². The molecule has 0 bridgehead atoms. The Morgan fingerprint density at radius 3 is 1.86 bits per heavy atom. The van der Waals surface area contributed by atoms with E-state index in [2.05, 4.69) is 68.1 Å². The summed E-state index contributed by atoms with van der Waals surface area (Å²) >= 11 is 0. The first-order valence-corrected chi connectivity index (χ1v) is 11.6. The summed E-state index contributed by atoms with van der Waals surface area (Å²) in [7, 11) is 0. The van der Waals surface area contributed by atoms with Crippen molar-refractivity contribution in [2.45, 2.75) is 39.2 Å². The minimum absolute atomic E-state index is 0.736. The van der Waals surface area contributed by atoms with Gasteiger partial charge in [0.2, 0.25) is 0 Å². The summed E-state index contributed by atoms with van der Waals surface area (Å²) in [6.07, 6.45) is -0.0850.